The van der Waals surface area contributed by atoms with E-state index in [4.69, 9.17) is 4.74 Å². The van der Waals surface area contributed by atoms with Crippen molar-refractivity contribution in [3.05, 3.63) is 48.0 Å². The summed E-state index contributed by atoms with van der Waals surface area (Å²) in [5, 5.41) is 0. The highest BCUT2D eigenvalue weighted by Gasteiger charge is 2.08. The molecule has 0 N–H and O–H groups in total. The summed E-state index contributed by atoms with van der Waals surface area (Å²) in [6, 6.07) is 8.76. The molecule has 0 aliphatic carbocycles. The molecule has 88 valence electrons. The lowest BCUT2D eigenvalue weighted by atomic mass is 10.0. The standard InChI is InChI=1S/C15H22O/c1-4-7-13-9-11-14(12-10-13)15(8-5-2)16-6-3/h5,9-12,15H,2,4,6-8H2,1,3H3. The van der Waals surface area contributed by atoms with Gasteiger partial charge in [0.25, 0.3) is 0 Å². The monoisotopic (exact) mass is 218 g/mol. The summed E-state index contributed by atoms with van der Waals surface area (Å²) in [5.41, 5.74) is 2.65. The van der Waals surface area contributed by atoms with E-state index in [1.807, 2.05) is 13.0 Å². The fourth-order valence-corrected chi connectivity index (χ4v) is 1.84. The van der Waals surface area contributed by atoms with E-state index in [1.165, 1.54) is 17.5 Å². The molecular formula is C15H22O. The summed E-state index contributed by atoms with van der Waals surface area (Å²) in [5.74, 6) is 0. The van der Waals surface area contributed by atoms with Crippen molar-refractivity contribution < 1.29 is 4.74 Å². The minimum atomic E-state index is 0.165. The Kier molecular flexibility index (Phi) is 5.87. The van der Waals surface area contributed by atoms with E-state index < -0.39 is 0 Å². The second-order valence-electron chi connectivity index (χ2n) is 3.96. The Morgan fingerprint density at radius 2 is 1.94 bits per heavy atom. The molecule has 0 aliphatic heterocycles. The molecule has 1 heteroatoms. The van der Waals surface area contributed by atoms with E-state index >= 15 is 0 Å². The second-order valence-corrected chi connectivity index (χ2v) is 3.96. The number of aryl methyl sites for hydroxylation is 1. The van der Waals surface area contributed by atoms with Gasteiger partial charge in [0, 0.05) is 6.61 Å². The maximum atomic E-state index is 5.70. The smallest absolute Gasteiger partial charge is 0.0859 e. The molecule has 1 unspecified atom stereocenters. The largest absolute Gasteiger partial charge is 0.373 e. The van der Waals surface area contributed by atoms with Crippen molar-refractivity contribution in [3.63, 3.8) is 0 Å². The Bertz CT molecular complexity index is 300. The summed E-state index contributed by atoms with van der Waals surface area (Å²) in [6.45, 7) is 8.75. The number of benzene rings is 1. The molecule has 0 amide bonds. The van der Waals surface area contributed by atoms with Gasteiger partial charge in [-0.2, -0.15) is 0 Å². The van der Waals surface area contributed by atoms with Gasteiger partial charge in [-0.3, -0.25) is 0 Å². The van der Waals surface area contributed by atoms with Gasteiger partial charge < -0.3 is 4.74 Å². The first kappa shape index (κ1) is 13.0. The van der Waals surface area contributed by atoms with Crippen molar-refractivity contribution in [3.8, 4) is 0 Å². The molecule has 1 aromatic rings. The Morgan fingerprint density at radius 3 is 2.44 bits per heavy atom. The molecule has 1 nitrogen and oxygen atoms in total. The third kappa shape index (κ3) is 3.82. The van der Waals surface area contributed by atoms with E-state index in [9.17, 15) is 0 Å². The summed E-state index contributed by atoms with van der Waals surface area (Å²) in [7, 11) is 0. The van der Waals surface area contributed by atoms with Crippen molar-refractivity contribution in [1.29, 1.82) is 0 Å². The molecule has 1 atom stereocenters. The fourth-order valence-electron chi connectivity index (χ4n) is 1.84. The Hall–Kier alpha value is -1.08. The van der Waals surface area contributed by atoms with Crippen LogP contribution in [-0.4, -0.2) is 6.61 Å². The van der Waals surface area contributed by atoms with E-state index in [0.29, 0.717) is 0 Å². The average molecular weight is 218 g/mol. The first-order chi connectivity index (χ1) is 7.81. The zero-order valence-electron chi connectivity index (χ0n) is 10.4. The van der Waals surface area contributed by atoms with Crippen molar-refractivity contribution in [2.24, 2.45) is 0 Å². The molecule has 0 heterocycles. The Morgan fingerprint density at radius 1 is 1.25 bits per heavy atom. The van der Waals surface area contributed by atoms with Crippen LogP contribution in [0.25, 0.3) is 0 Å². The van der Waals surface area contributed by atoms with Crippen LogP contribution in [0.2, 0.25) is 0 Å². The lowest BCUT2D eigenvalue weighted by Gasteiger charge is -2.16. The van der Waals surface area contributed by atoms with Gasteiger partial charge in [-0.15, -0.1) is 6.58 Å². The van der Waals surface area contributed by atoms with E-state index in [0.717, 1.165) is 19.4 Å². The molecular weight excluding hydrogens is 196 g/mol. The molecule has 1 rings (SSSR count). The molecule has 16 heavy (non-hydrogen) atoms. The van der Waals surface area contributed by atoms with Crippen LogP contribution in [0, 0.1) is 0 Å². The quantitative estimate of drug-likeness (QED) is 0.620. The lowest BCUT2D eigenvalue weighted by molar-refractivity contribution is 0.0648. The van der Waals surface area contributed by atoms with Gasteiger partial charge in [-0.1, -0.05) is 43.7 Å². The molecule has 0 saturated heterocycles. The van der Waals surface area contributed by atoms with Gasteiger partial charge in [-0.25, -0.2) is 0 Å². The molecule has 1 aromatic carbocycles. The Labute approximate surface area is 99.1 Å². The van der Waals surface area contributed by atoms with Gasteiger partial charge in [-0.05, 0) is 30.9 Å². The number of hydrogen-bond acceptors (Lipinski definition) is 1. The molecule has 0 bridgehead atoms. The minimum absolute atomic E-state index is 0.165. The fraction of sp³-hybridized carbons (Fsp3) is 0.467. The molecule has 0 aliphatic rings. The molecule has 0 aromatic heterocycles. The first-order valence-electron chi connectivity index (χ1n) is 6.13. The maximum absolute atomic E-state index is 5.70. The van der Waals surface area contributed by atoms with Crippen LogP contribution in [-0.2, 0) is 11.2 Å². The third-order valence-corrected chi connectivity index (χ3v) is 2.64. The van der Waals surface area contributed by atoms with Gasteiger partial charge in [0.05, 0.1) is 6.10 Å². The van der Waals surface area contributed by atoms with Crippen LogP contribution >= 0.6 is 0 Å². The van der Waals surface area contributed by atoms with Gasteiger partial charge in [0.15, 0.2) is 0 Å². The lowest BCUT2D eigenvalue weighted by Crippen LogP contribution is -2.03. The SMILES string of the molecule is C=CCC(OCC)c1ccc(CCC)cc1. The highest BCUT2D eigenvalue weighted by molar-refractivity contribution is 5.24. The predicted molar refractivity (Wildman–Crippen MR) is 69.6 cm³/mol. The van der Waals surface area contributed by atoms with Gasteiger partial charge in [0.1, 0.15) is 0 Å². The zero-order valence-corrected chi connectivity index (χ0v) is 10.4. The zero-order chi connectivity index (χ0) is 11.8. The topological polar surface area (TPSA) is 9.23 Å². The maximum Gasteiger partial charge on any atom is 0.0859 e. The predicted octanol–water partition coefficient (Wildman–Crippen LogP) is 4.29. The van der Waals surface area contributed by atoms with Crippen LogP contribution in [0.15, 0.2) is 36.9 Å². The van der Waals surface area contributed by atoms with Gasteiger partial charge in [0.2, 0.25) is 0 Å². The van der Waals surface area contributed by atoms with E-state index in [2.05, 4.69) is 37.8 Å². The molecule has 0 radical (unpaired) electrons. The third-order valence-electron chi connectivity index (χ3n) is 2.64. The van der Waals surface area contributed by atoms with Crippen LogP contribution < -0.4 is 0 Å². The number of hydrogen-bond donors (Lipinski definition) is 0. The van der Waals surface area contributed by atoms with Crippen molar-refractivity contribution in [2.75, 3.05) is 6.61 Å². The van der Waals surface area contributed by atoms with Crippen LogP contribution in [0.4, 0.5) is 0 Å². The minimum Gasteiger partial charge on any atom is -0.373 e. The highest BCUT2D eigenvalue weighted by Crippen LogP contribution is 2.22. The summed E-state index contributed by atoms with van der Waals surface area (Å²) >= 11 is 0. The van der Waals surface area contributed by atoms with Crippen molar-refractivity contribution in [1.82, 2.24) is 0 Å². The Balaban J connectivity index is 2.72. The summed E-state index contributed by atoms with van der Waals surface area (Å²) in [4.78, 5) is 0. The van der Waals surface area contributed by atoms with Crippen LogP contribution in [0.3, 0.4) is 0 Å². The number of ether oxygens (including phenoxy) is 1. The summed E-state index contributed by atoms with van der Waals surface area (Å²) in [6.07, 6.45) is 5.31. The molecule has 0 fully saturated rings. The summed E-state index contributed by atoms with van der Waals surface area (Å²) < 4.78 is 5.70. The highest BCUT2D eigenvalue weighted by atomic mass is 16.5. The van der Waals surface area contributed by atoms with Gasteiger partial charge >= 0.3 is 0 Å². The molecule has 0 spiro atoms. The normalized spacial score (nSPS) is 12.4. The average Bonchev–Trinajstić information content (AvgIpc) is 2.30. The number of rotatable bonds is 7. The first-order valence-corrected chi connectivity index (χ1v) is 6.13. The van der Waals surface area contributed by atoms with Crippen LogP contribution in [0.5, 0.6) is 0 Å². The van der Waals surface area contributed by atoms with E-state index in [1.54, 1.807) is 0 Å². The second kappa shape index (κ2) is 7.24. The van der Waals surface area contributed by atoms with Crippen molar-refractivity contribution >= 4 is 0 Å². The molecule has 0 saturated carbocycles. The van der Waals surface area contributed by atoms with Crippen molar-refractivity contribution in [2.45, 2.75) is 39.2 Å². The van der Waals surface area contributed by atoms with Crippen LogP contribution in [0.1, 0.15) is 43.9 Å². The van der Waals surface area contributed by atoms with E-state index in [-0.39, 0.29) is 6.10 Å².